The lowest BCUT2D eigenvalue weighted by Crippen LogP contribution is -2.41. The lowest BCUT2D eigenvalue weighted by Gasteiger charge is -2.37. The van der Waals surface area contributed by atoms with Gasteiger partial charge in [0.25, 0.3) is 0 Å². The minimum atomic E-state index is -1.28. The molecule has 0 nitrogen and oxygen atoms in total. The molecule has 0 heterocycles. The van der Waals surface area contributed by atoms with Gasteiger partial charge in [-0.15, -0.1) is 0 Å². The van der Waals surface area contributed by atoms with Gasteiger partial charge < -0.3 is 0 Å². The Morgan fingerprint density at radius 3 is 1.16 bits per heavy atom. The van der Waals surface area contributed by atoms with Gasteiger partial charge in [-0.05, 0) is 44.7 Å². The van der Waals surface area contributed by atoms with E-state index in [9.17, 15) is 0 Å². The molecule has 2 unspecified atom stereocenters. The SMILES string of the molecule is CCCCCCCCCC(F)C1(C(F)CCCCCCCCC)C(Br)=C(Br)C(Br)=C1Br. The topological polar surface area (TPSA) is 0 Å². The van der Waals surface area contributed by atoms with Crippen molar-refractivity contribution < 1.29 is 8.78 Å². The third-order valence-electron chi connectivity index (χ3n) is 6.41. The third-order valence-corrected chi connectivity index (χ3v) is 11.7. The predicted octanol–water partition coefficient (Wildman–Crippen LogP) is 11.9. The van der Waals surface area contributed by atoms with Crippen LogP contribution in [-0.2, 0) is 0 Å². The fourth-order valence-corrected chi connectivity index (χ4v) is 8.05. The summed E-state index contributed by atoms with van der Waals surface area (Å²) in [7, 11) is 0. The van der Waals surface area contributed by atoms with Gasteiger partial charge in [-0.1, -0.05) is 136 Å². The quantitative estimate of drug-likeness (QED) is 0.125. The highest BCUT2D eigenvalue weighted by molar-refractivity contribution is 9.17. The summed E-state index contributed by atoms with van der Waals surface area (Å²) in [4.78, 5) is 0. The maximum Gasteiger partial charge on any atom is 0.118 e. The van der Waals surface area contributed by atoms with Crippen molar-refractivity contribution in [1.82, 2.24) is 0 Å². The molecule has 0 bridgehead atoms. The van der Waals surface area contributed by atoms with E-state index in [0.717, 1.165) is 38.5 Å². The number of hydrogen-bond donors (Lipinski definition) is 0. The smallest absolute Gasteiger partial charge is 0.118 e. The molecule has 1 aliphatic rings. The Kier molecular flexibility index (Phi) is 16.4. The molecule has 0 fully saturated rings. The maximum atomic E-state index is 15.8. The first-order valence-corrected chi connectivity index (χ1v) is 15.4. The van der Waals surface area contributed by atoms with E-state index in [4.69, 9.17) is 0 Å². The fourth-order valence-electron chi connectivity index (χ4n) is 4.42. The standard InChI is InChI=1S/C25H40Br4F2/c1-3-5-7-9-11-13-15-17-19(30)25(23(28)21(26)22(27)24(25)29)20(31)18-16-14-12-10-8-6-4-2/h19-20H,3-18H2,1-2H3. The second kappa shape index (κ2) is 16.8. The average Bonchev–Trinajstić information content (AvgIpc) is 2.93. The van der Waals surface area contributed by atoms with Crippen LogP contribution in [0.5, 0.6) is 0 Å². The highest BCUT2D eigenvalue weighted by Crippen LogP contribution is 2.62. The van der Waals surface area contributed by atoms with Crippen molar-refractivity contribution in [1.29, 1.82) is 0 Å². The first kappa shape index (κ1) is 30.3. The number of hydrogen-bond acceptors (Lipinski definition) is 0. The Bertz CT molecular complexity index is 524. The molecular weight excluding hydrogens is 658 g/mol. The Morgan fingerprint density at radius 2 is 0.839 bits per heavy atom. The van der Waals surface area contributed by atoms with Crippen LogP contribution in [0.1, 0.15) is 117 Å². The van der Waals surface area contributed by atoms with Gasteiger partial charge in [0.15, 0.2) is 0 Å². The minimum absolute atomic E-state index is 0.385. The Balaban J connectivity index is 2.70. The van der Waals surface area contributed by atoms with Crippen LogP contribution < -0.4 is 0 Å². The summed E-state index contributed by atoms with van der Waals surface area (Å²) in [5.74, 6) is 0. The van der Waals surface area contributed by atoms with Crippen LogP contribution in [0.15, 0.2) is 17.9 Å². The molecule has 0 radical (unpaired) electrons. The van der Waals surface area contributed by atoms with Crippen LogP contribution in [0, 0.1) is 5.41 Å². The number of halogens is 6. The molecule has 0 spiro atoms. The number of alkyl halides is 2. The Labute approximate surface area is 223 Å². The molecule has 0 aliphatic heterocycles. The highest BCUT2D eigenvalue weighted by atomic mass is 79.9. The molecule has 0 N–H and O–H groups in total. The van der Waals surface area contributed by atoms with E-state index >= 15 is 8.78 Å². The van der Waals surface area contributed by atoms with Crippen LogP contribution in [-0.4, -0.2) is 12.3 Å². The monoisotopic (exact) mass is 694 g/mol. The molecule has 0 amide bonds. The first-order valence-electron chi connectivity index (χ1n) is 12.3. The second-order valence-electron chi connectivity index (χ2n) is 8.88. The van der Waals surface area contributed by atoms with Gasteiger partial charge in [0.2, 0.25) is 0 Å². The summed E-state index contributed by atoms with van der Waals surface area (Å²) in [6.45, 7) is 4.42. The first-order chi connectivity index (χ1) is 14.8. The average molecular weight is 698 g/mol. The number of rotatable bonds is 18. The van der Waals surface area contributed by atoms with Gasteiger partial charge in [0, 0.05) is 17.9 Å². The largest absolute Gasteiger partial charge is 0.246 e. The van der Waals surface area contributed by atoms with E-state index in [2.05, 4.69) is 77.6 Å². The van der Waals surface area contributed by atoms with Crippen LogP contribution in [0.25, 0.3) is 0 Å². The molecule has 2 atom stereocenters. The van der Waals surface area contributed by atoms with E-state index in [1.165, 1.54) is 51.4 Å². The zero-order chi connectivity index (χ0) is 23.3. The van der Waals surface area contributed by atoms with E-state index in [1.54, 1.807) is 0 Å². The van der Waals surface area contributed by atoms with Crippen molar-refractivity contribution in [3.63, 3.8) is 0 Å². The summed E-state index contributed by atoms with van der Waals surface area (Å²) < 4.78 is 34.2. The normalized spacial score (nSPS) is 18.2. The molecule has 6 heteroatoms. The van der Waals surface area contributed by atoms with Crippen LogP contribution in [0.2, 0.25) is 0 Å². The summed E-state index contributed by atoms with van der Waals surface area (Å²) in [6.07, 6.45) is 14.1. The molecule has 182 valence electrons. The summed E-state index contributed by atoms with van der Waals surface area (Å²) in [5.41, 5.74) is -1.28. The van der Waals surface area contributed by atoms with Crippen LogP contribution in [0.3, 0.4) is 0 Å². The van der Waals surface area contributed by atoms with Gasteiger partial charge in [-0.25, -0.2) is 8.78 Å². The summed E-state index contributed by atoms with van der Waals surface area (Å²) >= 11 is 14.2. The van der Waals surface area contributed by atoms with Gasteiger partial charge in [-0.3, -0.25) is 0 Å². The van der Waals surface area contributed by atoms with E-state index < -0.39 is 17.8 Å². The molecule has 1 rings (SSSR count). The van der Waals surface area contributed by atoms with Crippen molar-refractivity contribution in [3.05, 3.63) is 17.9 Å². The van der Waals surface area contributed by atoms with Crippen molar-refractivity contribution in [3.8, 4) is 0 Å². The zero-order valence-corrected chi connectivity index (χ0v) is 25.6. The molecular formula is C25H40Br4F2. The fraction of sp³-hybridized carbons (Fsp3) is 0.840. The van der Waals surface area contributed by atoms with Gasteiger partial charge >= 0.3 is 0 Å². The maximum absolute atomic E-state index is 15.8. The molecule has 0 aromatic heterocycles. The van der Waals surface area contributed by atoms with Crippen LogP contribution >= 0.6 is 63.7 Å². The summed E-state index contributed by atoms with van der Waals surface area (Å²) in [5, 5.41) is 0. The molecule has 1 aliphatic carbocycles. The number of unbranched alkanes of at least 4 members (excludes halogenated alkanes) is 12. The Hall–Kier alpha value is 1.26. The molecule has 31 heavy (non-hydrogen) atoms. The predicted molar refractivity (Wildman–Crippen MR) is 147 cm³/mol. The molecule has 0 aromatic rings. The number of allylic oxidation sites excluding steroid dienone is 4. The van der Waals surface area contributed by atoms with E-state index in [1.807, 2.05) is 0 Å². The third kappa shape index (κ3) is 8.76. The van der Waals surface area contributed by atoms with Gasteiger partial charge in [-0.2, -0.15) is 0 Å². The van der Waals surface area contributed by atoms with Gasteiger partial charge in [0.1, 0.15) is 12.3 Å². The van der Waals surface area contributed by atoms with E-state index in [0.29, 0.717) is 30.8 Å². The van der Waals surface area contributed by atoms with Crippen molar-refractivity contribution in [2.24, 2.45) is 5.41 Å². The molecule has 0 saturated heterocycles. The van der Waals surface area contributed by atoms with Crippen molar-refractivity contribution >= 4 is 63.7 Å². The van der Waals surface area contributed by atoms with Crippen molar-refractivity contribution in [2.45, 2.75) is 129 Å². The molecule has 0 aromatic carbocycles. The highest BCUT2D eigenvalue weighted by Gasteiger charge is 2.55. The lowest BCUT2D eigenvalue weighted by atomic mass is 9.76. The summed E-state index contributed by atoms with van der Waals surface area (Å²) in [6, 6.07) is 0. The minimum Gasteiger partial charge on any atom is -0.246 e. The van der Waals surface area contributed by atoms with Crippen molar-refractivity contribution in [2.75, 3.05) is 0 Å². The zero-order valence-electron chi connectivity index (χ0n) is 19.2. The van der Waals surface area contributed by atoms with E-state index in [-0.39, 0.29) is 0 Å². The second-order valence-corrected chi connectivity index (χ2v) is 12.1. The van der Waals surface area contributed by atoms with Crippen LogP contribution in [0.4, 0.5) is 8.78 Å². The lowest BCUT2D eigenvalue weighted by molar-refractivity contribution is 0.0794. The van der Waals surface area contributed by atoms with Gasteiger partial charge in [0.05, 0.1) is 5.41 Å². The molecule has 0 saturated carbocycles. The Morgan fingerprint density at radius 1 is 0.548 bits per heavy atom.